The first-order chi connectivity index (χ1) is 9.75. The number of methoxy groups -OCH3 is 2. The number of nitrogens with zero attached hydrogens (tertiary/aromatic N) is 2. The van der Waals surface area contributed by atoms with Crippen LogP contribution in [-0.4, -0.2) is 31.3 Å². The maximum Gasteiger partial charge on any atom is 0.332 e. The number of nitriles is 1. The van der Waals surface area contributed by atoms with Crippen LogP contribution in [0.2, 0.25) is 0 Å². The fraction of sp³-hybridized carbons (Fsp3) is 0.462. The van der Waals surface area contributed by atoms with Crippen LogP contribution in [0, 0.1) is 21.4 Å². The average Bonchev–Trinajstić information content (AvgIpc) is 2.41. The van der Waals surface area contributed by atoms with Gasteiger partial charge in [-0.2, -0.15) is 5.26 Å². The lowest BCUT2D eigenvalue weighted by atomic mass is 10.1. The molecule has 0 aliphatic rings. The molecule has 1 aromatic carbocycles. The van der Waals surface area contributed by atoms with E-state index in [0.29, 0.717) is 0 Å². The van der Waals surface area contributed by atoms with Crippen LogP contribution in [0.3, 0.4) is 0 Å². The Hall–Kier alpha value is -2.53. The molecule has 2 N–H and O–H groups in total. The highest BCUT2D eigenvalue weighted by Crippen LogP contribution is 2.46. The molecule has 0 amide bonds. The van der Waals surface area contributed by atoms with Gasteiger partial charge in [0.2, 0.25) is 11.5 Å². The summed E-state index contributed by atoms with van der Waals surface area (Å²) in [6.45, 7) is 3.41. The first-order valence-electron chi connectivity index (χ1n) is 6.00. The molecule has 0 aliphatic carbocycles. The van der Waals surface area contributed by atoms with Crippen molar-refractivity contribution in [1.29, 1.82) is 5.26 Å². The summed E-state index contributed by atoms with van der Waals surface area (Å²) in [6, 6.07) is 2.99. The molecule has 21 heavy (non-hydrogen) atoms. The minimum atomic E-state index is -0.714. The van der Waals surface area contributed by atoms with Gasteiger partial charge in [0.1, 0.15) is 18.2 Å². The van der Waals surface area contributed by atoms with Gasteiger partial charge in [-0.05, 0) is 13.8 Å². The van der Waals surface area contributed by atoms with Crippen molar-refractivity contribution in [3.63, 3.8) is 0 Å². The van der Waals surface area contributed by atoms with Gasteiger partial charge in [-0.25, -0.2) is 0 Å². The summed E-state index contributed by atoms with van der Waals surface area (Å²) in [5.74, 6) is 0.0499. The van der Waals surface area contributed by atoms with Gasteiger partial charge in [0.05, 0.1) is 19.1 Å². The van der Waals surface area contributed by atoms with E-state index in [1.807, 2.05) is 0 Å². The number of nitro groups is 1. The zero-order chi connectivity index (χ0) is 16.2. The van der Waals surface area contributed by atoms with E-state index >= 15 is 0 Å². The molecule has 1 rings (SSSR count). The van der Waals surface area contributed by atoms with Crippen LogP contribution in [0.15, 0.2) is 6.07 Å². The summed E-state index contributed by atoms with van der Waals surface area (Å²) in [5, 5.41) is 20.3. The topological polar surface area (TPSA) is 121 Å². The molecular weight excluding hydrogens is 278 g/mol. The quantitative estimate of drug-likeness (QED) is 0.624. The van der Waals surface area contributed by atoms with Crippen LogP contribution in [0.1, 0.15) is 19.4 Å². The second kappa shape index (κ2) is 6.28. The number of hydrogen-bond donors (Lipinski definition) is 1. The van der Waals surface area contributed by atoms with Gasteiger partial charge in [-0.1, -0.05) is 0 Å². The third-order valence-electron chi connectivity index (χ3n) is 2.49. The Kier molecular flexibility index (Phi) is 4.94. The minimum Gasteiger partial charge on any atom is -0.493 e. The molecule has 0 saturated heterocycles. The summed E-state index contributed by atoms with van der Waals surface area (Å²) in [4.78, 5) is 10.5. The zero-order valence-electron chi connectivity index (χ0n) is 12.3. The van der Waals surface area contributed by atoms with Gasteiger partial charge in [-0.15, -0.1) is 0 Å². The monoisotopic (exact) mass is 295 g/mol. The molecule has 0 saturated carbocycles. The summed E-state index contributed by atoms with van der Waals surface area (Å²) in [7, 11) is 2.69. The van der Waals surface area contributed by atoms with E-state index in [2.05, 4.69) is 0 Å². The smallest absolute Gasteiger partial charge is 0.332 e. The van der Waals surface area contributed by atoms with Crippen LogP contribution in [0.25, 0.3) is 0 Å². The first-order valence-corrected chi connectivity index (χ1v) is 6.00. The molecule has 1 aromatic rings. The second-order valence-corrected chi connectivity index (χ2v) is 4.98. The van der Waals surface area contributed by atoms with E-state index in [-0.39, 0.29) is 29.4 Å². The lowest BCUT2D eigenvalue weighted by Crippen LogP contribution is -2.38. The lowest BCUT2D eigenvalue weighted by Gasteiger charge is -2.21. The molecule has 0 heterocycles. The third kappa shape index (κ3) is 3.73. The maximum absolute atomic E-state index is 11.2. The van der Waals surface area contributed by atoms with Crippen LogP contribution < -0.4 is 19.9 Å². The molecule has 0 unspecified atom stereocenters. The average molecular weight is 295 g/mol. The lowest BCUT2D eigenvalue weighted by molar-refractivity contribution is -0.386. The van der Waals surface area contributed by atoms with E-state index in [9.17, 15) is 10.1 Å². The molecule has 0 radical (unpaired) electrons. The molecule has 0 aromatic heterocycles. The standard InChI is InChI=1S/C13H17N3O5/c1-13(2,15)7-21-12-10(16(17)18)8(6-14)5-9(19-3)11(12)20-4/h5H,7,15H2,1-4H3. The predicted molar refractivity (Wildman–Crippen MR) is 74.7 cm³/mol. The summed E-state index contributed by atoms with van der Waals surface area (Å²) in [5.41, 5.74) is 4.45. The van der Waals surface area contributed by atoms with Crippen molar-refractivity contribution in [2.24, 2.45) is 5.73 Å². The van der Waals surface area contributed by atoms with Crippen molar-refractivity contribution >= 4 is 5.69 Å². The molecular formula is C13H17N3O5. The van der Waals surface area contributed by atoms with E-state index < -0.39 is 16.1 Å². The molecule has 0 aliphatic heterocycles. The van der Waals surface area contributed by atoms with E-state index in [0.717, 1.165) is 0 Å². The van der Waals surface area contributed by atoms with Crippen molar-refractivity contribution in [2.45, 2.75) is 19.4 Å². The van der Waals surface area contributed by atoms with E-state index in [4.69, 9.17) is 25.2 Å². The first kappa shape index (κ1) is 16.5. The Bertz CT molecular complexity index is 587. The summed E-state index contributed by atoms with van der Waals surface area (Å²) >= 11 is 0. The maximum atomic E-state index is 11.2. The predicted octanol–water partition coefficient (Wildman–Crippen LogP) is 1.60. The van der Waals surface area contributed by atoms with Gasteiger partial charge in [0.25, 0.3) is 0 Å². The normalized spacial score (nSPS) is 10.7. The number of ether oxygens (including phenoxy) is 3. The molecule has 114 valence electrons. The second-order valence-electron chi connectivity index (χ2n) is 4.98. The highest BCUT2D eigenvalue weighted by molar-refractivity contribution is 5.69. The number of hydrogen-bond acceptors (Lipinski definition) is 7. The summed E-state index contributed by atoms with van der Waals surface area (Å²) in [6.07, 6.45) is 0. The van der Waals surface area contributed by atoms with E-state index in [1.165, 1.54) is 20.3 Å². The van der Waals surface area contributed by atoms with Crippen molar-refractivity contribution in [1.82, 2.24) is 0 Å². The van der Waals surface area contributed by atoms with Crippen molar-refractivity contribution in [3.8, 4) is 23.3 Å². The van der Waals surface area contributed by atoms with Crippen molar-refractivity contribution in [3.05, 3.63) is 21.7 Å². The van der Waals surface area contributed by atoms with Crippen LogP contribution in [0.4, 0.5) is 5.69 Å². The van der Waals surface area contributed by atoms with Crippen LogP contribution >= 0.6 is 0 Å². The van der Waals surface area contributed by atoms with E-state index in [1.54, 1.807) is 19.9 Å². The minimum absolute atomic E-state index is 0.00222. The summed E-state index contributed by atoms with van der Waals surface area (Å²) < 4.78 is 15.6. The van der Waals surface area contributed by atoms with Gasteiger partial charge in [-0.3, -0.25) is 10.1 Å². The molecule has 8 heteroatoms. The SMILES string of the molecule is COc1cc(C#N)c([N+](=O)[O-])c(OCC(C)(C)N)c1OC. The van der Waals surface area contributed by atoms with Crippen LogP contribution in [-0.2, 0) is 0 Å². The highest BCUT2D eigenvalue weighted by atomic mass is 16.6. The van der Waals surface area contributed by atoms with Gasteiger partial charge in [0, 0.05) is 11.6 Å². The van der Waals surface area contributed by atoms with Crippen molar-refractivity contribution < 1.29 is 19.1 Å². The number of nitrogens with two attached hydrogens (primary N) is 1. The fourth-order valence-electron chi connectivity index (χ4n) is 1.61. The van der Waals surface area contributed by atoms with Crippen LogP contribution in [0.5, 0.6) is 17.2 Å². The molecule has 0 fully saturated rings. The molecule has 8 nitrogen and oxygen atoms in total. The van der Waals surface area contributed by atoms with Crippen molar-refractivity contribution in [2.75, 3.05) is 20.8 Å². The van der Waals surface area contributed by atoms with Gasteiger partial charge in [0.15, 0.2) is 5.75 Å². The third-order valence-corrected chi connectivity index (χ3v) is 2.49. The van der Waals surface area contributed by atoms with Gasteiger partial charge >= 0.3 is 5.69 Å². The number of nitro benzene ring substituents is 1. The Balaban J connectivity index is 3.53. The number of rotatable bonds is 6. The number of benzene rings is 1. The molecule has 0 atom stereocenters. The van der Waals surface area contributed by atoms with Gasteiger partial charge < -0.3 is 19.9 Å². The Morgan fingerprint density at radius 2 is 2.00 bits per heavy atom. The Morgan fingerprint density at radius 1 is 1.38 bits per heavy atom. The Morgan fingerprint density at radius 3 is 2.38 bits per heavy atom. The fourth-order valence-corrected chi connectivity index (χ4v) is 1.61. The zero-order valence-corrected chi connectivity index (χ0v) is 12.3. The Labute approximate surface area is 122 Å². The largest absolute Gasteiger partial charge is 0.493 e. The molecule has 0 bridgehead atoms. The molecule has 0 spiro atoms. The highest BCUT2D eigenvalue weighted by Gasteiger charge is 2.30.